The summed E-state index contributed by atoms with van der Waals surface area (Å²) in [6.07, 6.45) is 3.34. The summed E-state index contributed by atoms with van der Waals surface area (Å²) in [5, 5.41) is 6.57. The number of benzene rings is 1. The molecule has 0 saturated carbocycles. The van der Waals surface area contributed by atoms with Gasteiger partial charge in [0.15, 0.2) is 11.6 Å². The van der Waals surface area contributed by atoms with E-state index in [2.05, 4.69) is 25.4 Å². The lowest BCUT2D eigenvalue weighted by Crippen LogP contribution is -2.29. The average molecular weight is 462 g/mol. The number of aromatic nitrogens is 6. The predicted octanol–water partition coefficient (Wildman–Crippen LogP) is 4.01. The maximum Gasteiger partial charge on any atom is 0.416 e. The van der Waals surface area contributed by atoms with Crippen molar-refractivity contribution in [3.63, 3.8) is 0 Å². The van der Waals surface area contributed by atoms with E-state index in [-0.39, 0.29) is 10.6 Å². The van der Waals surface area contributed by atoms with Gasteiger partial charge in [-0.15, -0.1) is 0 Å². The standard InChI is InChI=1S/C20H15ClF3N7O/c1-12(29-19(32)13-6-14(20(22,23)24)8-15(21)7-13)18-27-10-28-31(18)17-3-2-16(9-26-17)30-5-4-25-11-30/h2-12H,1H3,(H,29,32)/t12-/m0/s1. The van der Waals surface area contributed by atoms with E-state index in [9.17, 15) is 18.0 Å². The van der Waals surface area contributed by atoms with Crippen LogP contribution in [0.3, 0.4) is 0 Å². The van der Waals surface area contributed by atoms with E-state index in [0.717, 1.165) is 17.8 Å². The topological polar surface area (TPSA) is 90.5 Å². The molecule has 3 aromatic heterocycles. The SMILES string of the molecule is C[C@H](NC(=O)c1cc(Cl)cc(C(F)(F)F)c1)c1ncnn1-c1ccc(-n2ccnc2)cn1. The molecule has 1 aromatic carbocycles. The van der Waals surface area contributed by atoms with Gasteiger partial charge < -0.3 is 9.88 Å². The van der Waals surface area contributed by atoms with Crippen LogP contribution in [0.25, 0.3) is 11.5 Å². The molecule has 12 heteroatoms. The van der Waals surface area contributed by atoms with Crippen molar-refractivity contribution in [1.29, 1.82) is 0 Å². The van der Waals surface area contributed by atoms with Crippen molar-refractivity contribution in [3.8, 4) is 11.5 Å². The number of hydrogen-bond acceptors (Lipinski definition) is 5. The summed E-state index contributed by atoms with van der Waals surface area (Å²) in [4.78, 5) is 25.1. The maximum atomic E-state index is 13.0. The lowest BCUT2D eigenvalue weighted by atomic mass is 10.1. The zero-order valence-corrected chi connectivity index (χ0v) is 17.2. The Hall–Kier alpha value is -3.73. The second-order valence-electron chi connectivity index (χ2n) is 6.80. The first-order valence-corrected chi connectivity index (χ1v) is 9.63. The molecule has 3 heterocycles. The van der Waals surface area contributed by atoms with Gasteiger partial charge in [0.2, 0.25) is 0 Å². The third kappa shape index (κ3) is 4.47. The zero-order chi connectivity index (χ0) is 22.9. The summed E-state index contributed by atoms with van der Waals surface area (Å²) < 4.78 is 42.3. The smallest absolute Gasteiger partial charge is 0.342 e. The quantitative estimate of drug-likeness (QED) is 0.485. The third-order valence-electron chi connectivity index (χ3n) is 4.55. The van der Waals surface area contributed by atoms with E-state index in [1.807, 2.05) is 6.07 Å². The molecule has 0 aliphatic heterocycles. The minimum Gasteiger partial charge on any atom is -0.342 e. The number of rotatable bonds is 5. The average Bonchev–Trinajstić information content (AvgIpc) is 3.45. The number of alkyl halides is 3. The van der Waals surface area contributed by atoms with E-state index in [0.29, 0.717) is 11.6 Å². The summed E-state index contributed by atoms with van der Waals surface area (Å²) in [6, 6.07) is 5.51. The fourth-order valence-electron chi connectivity index (χ4n) is 3.02. The highest BCUT2D eigenvalue weighted by Crippen LogP contribution is 2.32. The number of carbonyl (C=O) groups is 1. The summed E-state index contributed by atoms with van der Waals surface area (Å²) in [6.45, 7) is 1.63. The summed E-state index contributed by atoms with van der Waals surface area (Å²) in [5.41, 5.74) is -0.436. The second-order valence-corrected chi connectivity index (χ2v) is 7.23. The van der Waals surface area contributed by atoms with Crippen molar-refractivity contribution in [2.45, 2.75) is 19.1 Å². The van der Waals surface area contributed by atoms with E-state index >= 15 is 0 Å². The van der Waals surface area contributed by atoms with Gasteiger partial charge >= 0.3 is 6.18 Å². The van der Waals surface area contributed by atoms with Gasteiger partial charge in [-0.05, 0) is 37.3 Å². The van der Waals surface area contributed by atoms with Gasteiger partial charge in [0.05, 0.1) is 29.8 Å². The molecule has 4 aromatic rings. The molecule has 0 aliphatic carbocycles. The Balaban J connectivity index is 1.55. The Morgan fingerprint density at radius 2 is 2.00 bits per heavy atom. The van der Waals surface area contributed by atoms with E-state index in [1.165, 1.54) is 17.1 Å². The van der Waals surface area contributed by atoms with Crippen molar-refractivity contribution in [2.24, 2.45) is 0 Å². The highest BCUT2D eigenvalue weighted by molar-refractivity contribution is 6.31. The molecule has 0 saturated heterocycles. The molecule has 0 fully saturated rings. The number of halogens is 4. The number of amides is 1. The largest absolute Gasteiger partial charge is 0.416 e. The maximum absolute atomic E-state index is 13.0. The van der Waals surface area contributed by atoms with Crippen LogP contribution in [0.1, 0.15) is 34.7 Å². The molecule has 32 heavy (non-hydrogen) atoms. The van der Waals surface area contributed by atoms with Crippen LogP contribution in [0, 0.1) is 0 Å². The summed E-state index contributed by atoms with van der Waals surface area (Å²) >= 11 is 5.77. The van der Waals surface area contributed by atoms with E-state index in [4.69, 9.17) is 11.6 Å². The number of pyridine rings is 1. The minimum atomic E-state index is -4.62. The van der Waals surface area contributed by atoms with Gasteiger partial charge in [-0.2, -0.15) is 23.0 Å². The Morgan fingerprint density at radius 3 is 2.66 bits per heavy atom. The molecule has 0 unspecified atom stereocenters. The Morgan fingerprint density at radius 1 is 1.19 bits per heavy atom. The molecule has 0 bridgehead atoms. The van der Waals surface area contributed by atoms with E-state index < -0.39 is 23.7 Å². The molecule has 4 rings (SSSR count). The lowest BCUT2D eigenvalue weighted by Gasteiger charge is -2.15. The third-order valence-corrected chi connectivity index (χ3v) is 4.77. The fourth-order valence-corrected chi connectivity index (χ4v) is 3.25. The molecule has 0 radical (unpaired) electrons. The summed E-state index contributed by atoms with van der Waals surface area (Å²) in [5.74, 6) is 0.0624. The number of imidazole rings is 1. The predicted molar refractivity (Wildman–Crippen MR) is 109 cm³/mol. The number of nitrogens with one attached hydrogen (secondary N) is 1. The molecule has 8 nitrogen and oxygen atoms in total. The highest BCUT2D eigenvalue weighted by Gasteiger charge is 2.32. The van der Waals surface area contributed by atoms with Crippen LogP contribution in [0.4, 0.5) is 13.2 Å². The number of nitrogens with zero attached hydrogens (tertiary/aromatic N) is 6. The normalized spacial score (nSPS) is 12.5. The van der Waals surface area contributed by atoms with Crippen molar-refractivity contribution in [2.75, 3.05) is 0 Å². The van der Waals surface area contributed by atoms with Crippen LogP contribution in [0.2, 0.25) is 5.02 Å². The fraction of sp³-hybridized carbons (Fsp3) is 0.150. The van der Waals surface area contributed by atoms with Gasteiger partial charge in [0.25, 0.3) is 5.91 Å². The van der Waals surface area contributed by atoms with Gasteiger partial charge in [-0.3, -0.25) is 4.79 Å². The Kier molecular flexibility index (Phi) is 5.66. The highest BCUT2D eigenvalue weighted by atomic mass is 35.5. The van der Waals surface area contributed by atoms with Gasteiger partial charge in [-0.25, -0.2) is 15.0 Å². The first-order chi connectivity index (χ1) is 15.2. The molecule has 0 spiro atoms. The molecule has 1 atom stereocenters. The molecule has 0 aliphatic rings. The van der Waals surface area contributed by atoms with Crippen molar-refractivity contribution in [3.05, 3.63) is 83.6 Å². The van der Waals surface area contributed by atoms with Crippen LogP contribution < -0.4 is 5.32 Å². The van der Waals surface area contributed by atoms with Crippen molar-refractivity contribution < 1.29 is 18.0 Å². The Bertz CT molecular complexity index is 1240. The molecule has 1 N–H and O–H groups in total. The number of hydrogen-bond donors (Lipinski definition) is 1. The second kappa shape index (κ2) is 8.42. The molecular weight excluding hydrogens is 447 g/mol. The van der Waals surface area contributed by atoms with Gasteiger partial charge in [0, 0.05) is 23.0 Å². The van der Waals surface area contributed by atoms with Crippen LogP contribution in [0.5, 0.6) is 0 Å². The lowest BCUT2D eigenvalue weighted by molar-refractivity contribution is -0.137. The van der Waals surface area contributed by atoms with Gasteiger partial charge in [-0.1, -0.05) is 11.6 Å². The molecule has 1 amide bonds. The van der Waals surface area contributed by atoms with E-state index in [1.54, 1.807) is 42.5 Å². The first kappa shape index (κ1) is 21.5. The first-order valence-electron chi connectivity index (χ1n) is 9.25. The summed E-state index contributed by atoms with van der Waals surface area (Å²) in [7, 11) is 0. The minimum absolute atomic E-state index is 0.192. The van der Waals surface area contributed by atoms with Crippen molar-refractivity contribution in [1.82, 2.24) is 34.6 Å². The number of carbonyl (C=O) groups excluding carboxylic acids is 1. The van der Waals surface area contributed by atoms with Crippen LogP contribution >= 0.6 is 11.6 Å². The Labute approximate surface area is 184 Å². The monoisotopic (exact) mass is 461 g/mol. The van der Waals surface area contributed by atoms with Gasteiger partial charge in [0.1, 0.15) is 6.33 Å². The van der Waals surface area contributed by atoms with Crippen LogP contribution in [0.15, 0.2) is 61.6 Å². The van der Waals surface area contributed by atoms with Crippen LogP contribution in [-0.4, -0.2) is 35.2 Å². The zero-order valence-electron chi connectivity index (χ0n) is 16.5. The van der Waals surface area contributed by atoms with Crippen molar-refractivity contribution >= 4 is 17.5 Å². The molecule has 164 valence electrons. The van der Waals surface area contributed by atoms with Crippen LogP contribution in [-0.2, 0) is 6.18 Å². The molecular formula is C20H15ClF3N7O.